The lowest BCUT2D eigenvalue weighted by molar-refractivity contribution is -0.0538. The number of rotatable bonds is 4. The highest BCUT2D eigenvalue weighted by molar-refractivity contribution is 7.07. The summed E-state index contributed by atoms with van der Waals surface area (Å²) in [6, 6.07) is 6.08. The van der Waals surface area contributed by atoms with Crippen molar-refractivity contribution >= 4 is 11.3 Å². The first-order chi connectivity index (χ1) is 11.3. The van der Waals surface area contributed by atoms with Crippen LogP contribution in [0.1, 0.15) is 24.8 Å². The number of thiophene rings is 1. The molecule has 2 aromatic heterocycles. The van der Waals surface area contributed by atoms with Crippen LogP contribution in [0, 0.1) is 0 Å². The van der Waals surface area contributed by atoms with Gasteiger partial charge in [-0.2, -0.15) is 11.3 Å². The van der Waals surface area contributed by atoms with Crippen LogP contribution in [0.5, 0.6) is 5.75 Å². The van der Waals surface area contributed by atoms with Crippen LogP contribution in [0.15, 0.2) is 41.4 Å². The molecular weight excluding hydrogens is 308 g/mol. The summed E-state index contributed by atoms with van der Waals surface area (Å²) in [5.74, 6) is 0.837. The van der Waals surface area contributed by atoms with Gasteiger partial charge in [0.25, 0.3) is 0 Å². The first kappa shape index (κ1) is 15.1. The Bertz CT molecular complexity index is 619. The van der Waals surface area contributed by atoms with Gasteiger partial charge in [0.1, 0.15) is 11.9 Å². The number of nitrogens with zero attached hydrogens (tertiary/aromatic N) is 2. The first-order valence-electron chi connectivity index (χ1n) is 8.25. The van der Waals surface area contributed by atoms with E-state index in [4.69, 9.17) is 9.47 Å². The zero-order valence-electron chi connectivity index (χ0n) is 13.2. The third-order valence-electron chi connectivity index (χ3n) is 4.72. The molecule has 0 aliphatic carbocycles. The molecule has 0 N–H and O–H groups in total. The van der Waals surface area contributed by atoms with E-state index in [2.05, 4.69) is 26.7 Å². The van der Waals surface area contributed by atoms with Crippen molar-refractivity contribution in [2.45, 2.75) is 37.5 Å². The Hall–Kier alpha value is -1.43. The zero-order chi connectivity index (χ0) is 15.5. The number of hydrogen-bond donors (Lipinski definition) is 0. The van der Waals surface area contributed by atoms with Crippen LogP contribution >= 0.6 is 11.3 Å². The van der Waals surface area contributed by atoms with Crippen molar-refractivity contribution in [3.63, 3.8) is 0 Å². The van der Waals surface area contributed by atoms with E-state index >= 15 is 0 Å². The molecule has 4 nitrogen and oxygen atoms in total. The van der Waals surface area contributed by atoms with Crippen LogP contribution in [0.2, 0.25) is 0 Å². The van der Waals surface area contributed by atoms with Crippen LogP contribution in [0.4, 0.5) is 0 Å². The minimum Gasteiger partial charge on any atom is -0.486 e. The molecule has 0 bridgehead atoms. The van der Waals surface area contributed by atoms with Crippen molar-refractivity contribution < 1.29 is 9.47 Å². The molecule has 122 valence electrons. The zero-order valence-corrected chi connectivity index (χ0v) is 14.0. The SMILES string of the molecule is c1cncc(O[C@H]2CO[C@@]3(CCCN(Cc4ccsc4)C3)C2)c1. The lowest BCUT2D eigenvalue weighted by atomic mass is 9.89. The van der Waals surface area contributed by atoms with Crippen molar-refractivity contribution in [2.24, 2.45) is 0 Å². The third-order valence-corrected chi connectivity index (χ3v) is 5.45. The molecule has 2 aliphatic rings. The second kappa shape index (κ2) is 6.59. The molecular formula is C18H22N2O2S. The molecule has 0 aromatic carbocycles. The van der Waals surface area contributed by atoms with E-state index in [9.17, 15) is 0 Å². The van der Waals surface area contributed by atoms with Gasteiger partial charge in [-0.05, 0) is 53.9 Å². The van der Waals surface area contributed by atoms with Crippen LogP contribution in [0.3, 0.4) is 0 Å². The fourth-order valence-corrected chi connectivity index (χ4v) is 4.40. The Balaban J connectivity index is 1.37. The van der Waals surface area contributed by atoms with Crippen LogP contribution in [-0.2, 0) is 11.3 Å². The van der Waals surface area contributed by atoms with E-state index in [0.29, 0.717) is 6.61 Å². The maximum atomic E-state index is 6.23. The molecule has 4 rings (SSSR count). The van der Waals surface area contributed by atoms with Gasteiger partial charge in [-0.25, -0.2) is 0 Å². The van der Waals surface area contributed by atoms with E-state index in [1.54, 1.807) is 23.7 Å². The monoisotopic (exact) mass is 330 g/mol. The lowest BCUT2D eigenvalue weighted by Gasteiger charge is -2.39. The van der Waals surface area contributed by atoms with Crippen molar-refractivity contribution in [1.82, 2.24) is 9.88 Å². The summed E-state index contributed by atoms with van der Waals surface area (Å²) in [6.45, 7) is 3.88. The molecule has 4 heterocycles. The highest BCUT2D eigenvalue weighted by Crippen LogP contribution is 2.36. The predicted octanol–water partition coefficient (Wildman–Crippen LogP) is 3.35. The summed E-state index contributed by atoms with van der Waals surface area (Å²) in [5.41, 5.74) is 1.38. The van der Waals surface area contributed by atoms with E-state index in [1.807, 2.05) is 12.1 Å². The van der Waals surface area contributed by atoms with Gasteiger partial charge < -0.3 is 9.47 Å². The van der Waals surface area contributed by atoms with Gasteiger partial charge in [-0.15, -0.1) is 0 Å². The largest absolute Gasteiger partial charge is 0.486 e. The number of aromatic nitrogens is 1. The van der Waals surface area contributed by atoms with E-state index in [1.165, 1.54) is 12.0 Å². The summed E-state index contributed by atoms with van der Waals surface area (Å²) < 4.78 is 12.3. The number of pyridine rings is 1. The maximum Gasteiger partial charge on any atom is 0.138 e. The molecule has 2 saturated heterocycles. The Kier molecular flexibility index (Phi) is 4.33. The summed E-state index contributed by atoms with van der Waals surface area (Å²) in [5, 5.41) is 4.39. The molecule has 2 aliphatic heterocycles. The van der Waals surface area contributed by atoms with Crippen molar-refractivity contribution in [2.75, 3.05) is 19.7 Å². The van der Waals surface area contributed by atoms with Gasteiger partial charge in [-0.3, -0.25) is 9.88 Å². The number of likely N-dealkylation sites (tertiary alicyclic amines) is 1. The molecule has 0 radical (unpaired) electrons. The molecule has 2 atom stereocenters. The Labute approximate surface area is 141 Å². The van der Waals surface area contributed by atoms with Crippen molar-refractivity contribution in [1.29, 1.82) is 0 Å². The second-order valence-corrected chi connectivity index (χ2v) is 7.35. The van der Waals surface area contributed by atoms with Crippen LogP contribution in [0.25, 0.3) is 0 Å². The van der Waals surface area contributed by atoms with Gasteiger partial charge in [0.05, 0.1) is 18.4 Å². The Morgan fingerprint density at radius 2 is 2.43 bits per heavy atom. The quantitative estimate of drug-likeness (QED) is 0.861. The number of piperidine rings is 1. The first-order valence-corrected chi connectivity index (χ1v) is 9.20. The van der Waals surface area contributed by atoms with Gasteiger partial charge in [0.15, 0.2) is 0 Å². The predicted molar refractivity (Wildman–Crippen MR) is 90.8 cm³/mol. The standard InChI is InChI=1S/C18H22N2O2S/c1-3-16(10-19-6-1)22-17-9-18(21-12-17)5-2-7-20(14-18)11-15-4-8-23-13-15/h1,3-4,6,8,10,13,17H,2,5,7,9,11-12,14H2/t17-,18+/m1/s1. The van der Waals surface area contributed by atoms with Gasteiger partial charge in [-0.1, -0.05) is 0 Å². The van der Waals surface area contributed by atoms with Gasteiger partial charge >= 0.3 is 0 Å². The summed E-state index contributed by atoms with van der Waals surface area (Å²) in [7, 11) is 0. The Morgan fingerprint density at radius 3 is 3.26 bits per heavy atom. The van der Waals surface area contributed by atoms with Crippen molar-refractivity contribution in [3.05, 3.63) is 46.9 Å². The smallest absolute Gasteiger partial charge is 0.138 e. The normalized spacial score (nSPS) is 28.3. The van der Waals surface area contributed by atoms with E-state index in [0.717, 1.165) is 38.2 Å². The summed E-state index contributed by atoms with van der Waals surface area (Å²) >= 11 is 1.77. The molecule has 2 aromatic rings. The number of ether oxygens (including phenoxy) is 2. The Morgan fingerprint density at radius 1 is 1.43 bits per heavy atom. The summed E-state index contributed by atoms with van der Waals surface area (Å²) in [6.07, 6.45) is 6.99. The molecule has 0 amide bonds. The molecule has 5 heteroatoms. The fraction of sp³-hybridized carbons (Fsp3) is 0.500. The fourth-order valence-electron chi connectivity index (χ4n) is 3.74. The highest BCUT2D eigenvalue weighted by Gasteiger charge is 2.44. The maximum absolute atomic E-state index is 6.23. The highest BCUT2D eigenvalue weighted by atomic mass is 32.1. The second-order valence-electron chi connectivity index (χ2n) is 6.57. The molecule has 0 unspecified atom stereocenters. The average Bonchev–Trinajstić information content (AvgIpc) is 3.19. The topological polar surface area (TPSA) is 34.6 Å². The van der Waals surface area contributed by atoms with Gasteiger partial charge in [0, 0.05) is 25.7 Å². The van der Waals surface area contributed by atoms with Crippen LogP contribution < -0.4 is 4.74 Å². The van der Waals surface area contributed by atoms with E-state index < -0.39 is 0 Å². The summed E-state index contributed by atoms with van der Waals surface area (Å²) in [4.78, 5) is 6.64. The third kappa shape index (κ3) is 3.57. The number of hydrogen-bond acceptors (Lipinski definition) is 5. The average molecular weight is 330 g/mol. The van der Waals surface area contributed by atoms with E-state index in [-0.39, 0.29) is 11.7 Å². The van der Waals surface area contributed by atoms with Crippen molar-refractivity contribution in [3.8, 4) is 5.75 Å². The van der Waals surface area contributed by atoms with Crippen LogP contribution in [-0.4, -0.2) is 41.3 Å². The molecule has 1 spiro atoms. The van der Waals surface area contributed by atoms with Gasteiger partial charge in [0.2, 0.25) is 0 Å². The molecule has 0 saturated carbocycles. The lowest BCUT2D eigenvalue weighted by Crippen LogP contribution is -2.47. The minimum atomic E-state index is -0.0266. The molecule has 2 fully saturated rings. The minimum absolute atomic E-state index is 0.0266. The molecule has 23 heavy (non-hydrogen) atoms.